The molecule has 20 heavy (non-hydrogen) atoms. The minimum absolute atomic E-state index is 0.304. The van der Waals surface area contributed by atoms with Gasteiger partial charge in [-0.05, 0) is 55.3 Å². The van der Waals surface area contributed by atoms with Crippen molar-refractivity contribution >= 4 is 0 Å². The summed E-state index contributed by atoms with van der Waals surface area (Å²) in [4.78, 5) is 0. The number of benzene rings is 2. The number of rotatable bonds is 3. The van der Waals surface area contributed by atoms with Gasteiger partial charge in [0.25, 0.3) is 0 Å². The van der Waals surface area contributed by atoms with Crippen LogP contribution >= 0.6 is 0 Å². The van der Waals surface area contributed by atoms with E-state index < -0.39 is 5.82 Å². The zero-order valence-electron chi connectivity index (χ0n) is 11.3. The highest BCUT2D eigenvalue weighted by atomic mass is 19.1. The normalized spacial score (nSPS) is 10.2. The Hall–Kier alpha value is -2.38. The second-order valence-electron chi connectivity index (χ2n) is 4.56. The average Bonchev–Trinajstić information content (AvgIpc) is 2.43. The Morgan fingerprint density at radius 2 is 1.85 bits per heavy atom. The van der Waals surface area contributed by atoms with Crippen LogP contribution in [0, 0.1) is 31.0 Å². The molecule has 0 radical (unpaired) electrons. The third-order valence-electron chi connectivity index (χ3n) is 2.99. The maximum absolute atomic E-state index is 13.1. The fourth-order valence-electron chi connectivity index (χ4n) is 2.06. The van der Waals surface area contributed by atoms with E-state index in [0.717, 1.165) is 11.1 Å². The number of nitrogens with zero attached hydrogens (tertiary/aromatic N) is 1. The highest BCUT2D eigenvalue weighted by Gasteiger charge is 2.11. The Kier molecular flexibility index (Phi) is 4.02. The molecule has 0 spiro atoms. The van der Waals surface area contributed by atoms with E-state index in [4.69, 9.17) is 10.00 Å². The van der Waals surface area contributed by atoms with Crippen molar-refractivity contribution in [2.45, 2.75) is 20.5 Å². The molecule has 0 unspecified atom stereocenters. The summed E-state index contributed by atoms with van der Waals surface area (Å²) >= 11 is 0. The van der Waals surface area contributed by atoms with E-state index in [1.54, 1.807) is 12.1 Å². The van der Waals surface area contributed by atoms with E-state index in [9.17, 15) is 9.50 Å². The van der Waals surface area contributed by atoms with Gasteiger partial charge in [0.15, 0.2) is 0 Å². The molecule has 102 valence electrons. The Bertz CT molecular complexity index is 666. The molecule has 0 saturated heterocycles. The lowest BCUT2D eigenvalue weighted by Crippen LogP contribution is -1.97. The number of aryl methyl sites for hydroxylation is 2. The maximum Gasteiger partial charge on any atom is 0.133 e. The largest absolute Gasteiger partial charge is 0.456 e. The molecule has 0 amide bonds. The number of aliphatic hydroxyl groups is 1. The molecule has 0 saturated carbocycles. The first-order valence-corrected chi connectivity index (χ1v) is 6.13. The molecule has 1 N–H and O–H groups in total. The van der Waals surface area contributed by atoms with Crippen molar-refractivity contribution in [2.24, 2.45) is 0 Å². The van der Waals surface area contributed by atoms with Crippen molar-refractivity contribution in [3.05, 3.63) is 58.4 Å². The van der Waals surface area contributed by atoms with Crippen molar-refractivity contribution in [1.29, 1.82) is 5.26 Å². The molecule has 2 rings (SSSR count). The Balaban J connectivity index is 2.43. The van der Waals surface area contributed by atoms with Crippen molar-refractivity contribution in [1.82, 2.24) is 0 Å². The van der Waals surface area contributed by atoms with Crippen LogP contribution in [0.1, 0.15) is 22.3 Å². The lowest BCUT2D eigenvalue weighted by molar-refractivity contribution is 0.275. The predicted molar refractivity (Wildman–Crippen MR) is 73.0 cm³/mol. The van der Waals surface area contributed by atoms with Gasteiger partial charge in [0.2, 0.25) is 0 Å². The van der Waals surface area contributed by atoms with Crippen LogP contribution in [0.5, 0.6) is 11.5 Å². The minimum atomic E-state index is -0.422. The molecular weight excluding hydrogens is 257 g/mol. The summed E-state index contributed by atoms with van der Waals surface area (Å²) < 4.78 is 18.9. The minimum Gasteiger partial charge on any atom is -0.456 e. The third kappa shape index (κ3) is 2.79. The van der Waals surface area contributed by atoms with Crippen molar-refractivity contribution in [3.8, 4) is 17.6 Å². The Labute approximate surface area is 116 Å². The third-order valence-corrected chi connectivity index (χ3v) is 2.99. The van der Waals surface area contributed by atoms with Gasteiger partial charge in [-0.1, -0.05) is 0 Å². The van der Waals surface area contributed by atoms with Gasteiger partial charge in [-0.15, -0.1) is 0 Å². The van der Waals surface area contributed by atoms with Gasteiger partial charge in [0.05, 0.1) is 18.2 Å². The first kappa shape index (κ1) is 14.0. The summed E-state index contributed by atoms with van der Waals surface area (Å²) in [5, 5.41) is 18.2. The fraction of sp³-hybridized carbons (Fsp3) is 0.188. The van der Waals surface area contributed by atoms with Crippen molar-refractivity contribution in [2.75, 3.05) is 0 Å². The van der Waals surface area contributed by atoms with Crippen LogP contribution in [-0.4, -0.2) is 5.11 Å². The van der Waals surface area contributed by atoms with E-state index in [-0.39, 0.29) is 6.61 Å². The predicted octanol–water partition coefficient (Wildman–Crippen LogP) is 3.60. The van der Waals surface area contributed by atoms with Gasteiger partial charge in [-0.2, -0.15) is 5.26 Å². The smallest absolute Gasteiger partial charge is 0.133 e. The molecule has 0 aliphatic rings. The van der Waals surface area contributed by atoms with Crippen molar-refractivity contribution < 1.29 is 14.2 Å². The maximum atomic E-state index is 13.1. The van der Waals surface area contributed by atoms with Gasteiger partial charge < -0.3 is 9.84 Å². The summed E-state index contributed by atoms with van der Waals surface area (Å²) in [5.74, 6) is 0.602. The van der Waals surface area contributed by atoms with E-state index in [1.807, 2.05) is 13.8 Å². The van der Waals surface area contributed by atoms with E-state index in [1.165, 1.54) is 18.2 Å². The van der Waals surface area contributed by atoms with Gasteiger partial charge in [-0.3, -0.25) is 0 Å². The molecule has 0 aromatic heterocycles. The lowest BCUT2D eigenvalue weighted by Gasteiger charge is -2.14. The van der Waals surface area contributed by atoms with Crippen LogP contribution in [0.25, 0.3) is 0 Å². The number of nitriles is 1. The molecule has 0 aliphatic carbocycles. The molecule has 2 aromatic carbocycles. The van der Waals surface area contributed by atoms with Gasteiger partial charge >= 0.3 is 0 Å². The van der Waals surface area contributed by atoms with Crippen LogP contribution in [0.3, 0.4) is 0 Å². The average molecular weight is 271 g/mol. The number of hydrogen-bond acceptors (Lipinski definition) is 3. The summed E-state index contributed by atoms with van der Waals surface area (Å²) in [6.07, 6.45) is 0. The SMILES string of the molecule is Cc1cc(C#N)cc(C)c1Oc1ccc(F)cc1CO. The van der Waals surface area contributed by atoms with E-state index >= 15 is 0 Å². The van der Waals surface area contributed by atoms with Gasteiger partial charge in [-0.25, -0.2) is 4.39 Å². The van der Waals surface area contributed by atoms with Crippen LogP contribution in [0.2, 0.25) is 0 Å². The topological polar surface area (TPSA) is 53.2 Å². The van der Waals surface area contributed by atoms with Crippen LogP contribution in [0.4, 0.5) is 4.39 Å². The number of aliphatic hydroxyl groups excluding tert-OH is 1. The van der Waals surface area contributed by atoms with E-state index in [0.29, 0.717) is 22.6 Å². The first-order valence-electron chi connectivity index (χ1n) is 6.13. The number of ether oxygens (including phenoxy) is 1. The Morgan fingerprint density at radius 1 is 1.20 bits per heavy atom. The Morgan fingerprint density at radius 3 is 2.40 bits per heavy atom. The van der Waals surface area contributed by atoms with E-state index in [2.05, 4.69) is 6.07 Å². The molecule has 0 aliphatic heterocycles. The molecule has 3 nitrogen and oxygen atoms in total. The second kappa shape index (κ2) is 5.72. The number of halogens is 1. The van der Waals surface area contributed by atoms with Gasteiger partial charge in [0, 0.05) is 5.56 Å². The quantitative estimate of drug-likeness (QED) is 0.928. The van der Waals surface area contributed by atoms with Crippen LogP contribution in [-0.2, 0) is 6.61 Å². The fourth-order valence-corrected chi connectivity index (χ4v) is 2.06. The zero-order chi connectivity index (χ0) is 14.7. The summed E-state index contributed by atoms with van der Waals surface area (Å²) in [7, 11) is 0. The molecule has 0 atom stereocenters. The second-order valence-corrected chi connectivity index (χ2v) is 4.56. The molecule has 0 bridgehead atoms. The van der Waals surface area contributed by atoms with Crippen molar-refractivity contribution in [3.63, 3.8) is 0 Å². The zero-order valence-corrected chi connectivity index (χ0v) is 11.3. The summed E-state index contributed by atoms with van der Waals surface area (Å²) in [5.41, 5.74) is 2.58. The first-order chi connectivity index (χ1) is 9.55. The number of hydrogen-bond donors (Lipinski definition) is 1. The monoisotopic (exact) mass is 271 g/mol. The van der Waals surface area contributed by atoms with Gasteiger partial charge in [0.1, 0.15) is 17.3 Å². The molecule has 2 aromatic rings. The highest BCUT2D eigenvalue weighted by molar-refractivity contribution is 5.49. The summed E-state index contributed by atoms with van der Waals surface area (Å²) in [6, 6.07) is 9.54. The lowest BCUT2D eigenvalue weighted by atomic mass is 10.1. The summed E-state index contributed by atoms with van der Waals surface area (Å²) in [6.45, 7) is 3.37. The van der Waals surface area contributed by atoms with Crippen LogP contribution < -0.4 is 4.74 Å². The standard InChI is InChI=1S/C16H14FNO2/c1-10-5-12(8-18)6-11(2)16(10)20-15-4-3-14(17)7-13(15)9-19/h3-7,19H,9H2,1-2H3. The molecule has 0 heterocycles. The molecular formula is C16H14FNO2. The van der Waals surface area contributed by atoms with Crippen LogP contribution in [0.15, 0.2) is 30.3 Å². The highest BCUT2D eigenvalue weighted by Crippen LogP contribution is 2.32. The molecule has 0 fully saturated rings. The molecule has 4 heteroatoms.